The van der Waals surface area contributed by atoms with Gasteiger partial charge in [0.05, 0.1) is 43.5 Å². The maximum atomic E-state index is 12.1. The molecule has 0 radical (unpaired) electrons. The van der Waals surface area contributed by atoms with Gasteiger partial charge in [-0.15, -0.1) is 0 Å². The molecule has 3 aliphatic heterocycles. The molecule has 1 saturated carbocycles. The van der Waals surface area contributed by atoms with Gasteiger partial charge < -0.3 is 93.0 Å². The number of hydrogen-bond acceptors (Lipinski definition) is 18. The van der Waals surface area contributed by atoms with E-state index < -0.39 is 129 Å². The lowest BCUT2D eigenvalue weighted by Crippen LogP contribution is -2.70. The van der Waals surface area contributed by atoms with Gasteiger partial charge in [-0.3, -0.25) is 4.79 Å². The molecule has 0 aromatic rings. The first-order chi connectivity index (χ1) is 20.3. The van der Waals surface area contributed by atoms with Crippen LogP contribution in [0.4, 0.5) is 0 Å². The molecular weight excluding hydrogens is 580 g/mol. The Morgan fingerprint density at radius 1 is 0.814 bits per heavy atom. The number of aliphatic hydroxyl groups excluding tert-OH is 7. The van der Waals surface area contributed by atoms with Crippen LogP contribution in [-0.4, -0.2) is 172 Å². The molecule has 1 aliphatic carbocycles. The molecule has 11 unspecified atom stereocenters. The van der Waals surface area contributed by atoms with Crippen molar-refractivity contribution in [1.29, 1.82) is 0 Å². The largest absolute Gasteiger partial charge is 0.394 e. The number of likely N-dealkylation sites (N-methyl/N-ethyl adjacent to an activating group) is 1. The number of amides is 1. The first-order valence-corrected chi connectivity index (χ1v) is 14.2. The Kier molecular flexibility index (Phi) is 11.7. The standard InChI is InChI=1S/C24H46N6O13/c1-29-13-16(35)20-10(3-8(27)22(42-20)41-19-7(26)2-6(25)14(33)17(19)36)39-23(13)43-24-18(37)15(34)12(11(5-32)40-24)30-21(38)9(28)4-31/h6-20,22-24,29,31-37H,2-5,25-28H2,1H3,(H,30,38)/t6-,7?,8?,9+,10+,11?,12-,13?,14?,15?,16?,17?,18?,19-,20?,22+,23?,24-/m1/s1. The van der Waals surface area contributed by atoms with Crippen LogP contribution in [0.1, 0.15) is 12.8 Å². The van der Waals surface area contributed by atoms with Crippen molar-refractivity contribution in [3.63, 3.8) is 0 Å². The summed E-state index contributed by atoms with van der Waals surface area (Å²) in [4.78, 5) is 12.1. The summed E-state index contributed by atoms with van der Waals surface area (Å²) in [7, 11) is 1.51. The molecule has 19 nitrogen and oxygen atoms in total. The number of fused-ring (bicyclic) bond motifs is 1. The molecule has 4 rings (SSSR count). The molecule has 4 aliphatic rings. The zero-order valence-electron chi connectivity index (χ0n) is 23.6. The van der Waals surface area contributed by atoms with Crippen LogP contribution in [0.15, 0.2) is 0 Å². The average molecular weight is 627 g/mol. The summed E-state index contributed by atoms with van der Waals surface area (Å²) in [5.41, 5.74) is 23.7. The van der Waals surface area contributed by atoms with Crippen LogP contribution in [-0.2, 0) is 28.5 Å². The van der Waals surface area contributed by atoms with Crippen molar-refractivity contribution in [3.05, 3.63) is 0 Å². The van der Waals surface area contributed by atoms with Gasteiger partial charge in [0.1, 0.15) is 48.8 Å². The second-order valence-electron chi connectivity index (χ2n) is 11.5. The van der Waals surface area contributed by atoms with Gasteiger partial charge >= 0.3 is 0 Å². The minimum Gasteiger partial charge on any atom is -0.394 e. The van der Waals surface area contributed by atoms with Crippen LogP contribution >= 0.6 is 0 Å². The van der Waals surface area contributed by atoms with E-state index in [9.17, 15) is 35.4 Å². The van der Waals surface area contributed by atoms with E-state index in [1.165, 1.54) is 7.05 Å². The maximum Gasteiger partial charge on any atom is 0.239 e. The van der Waals surface area contributed by atoms with Crippen LogP contribution in [0.25, 0.3) is 0 Å². The van der Waals surface area contributed by atoms with Gasteiger partial charge in [0, 0.05) is 12.1 Å². The highest BCUT2D eigenvalue weighted by molar-refractivity contribution is 5.82. The number of carbonyl (C=O) groups is 1. The zero-order chi connectivity index (χ0) is 31.7. The van der Waals surface area contributed by atoms with E-state index in [4.69, 9.17) is 51.7 Å². The Morgan fingerprint density at radius 2 is 1.51 bits per heavy atom. The fourth-order valence-electron chi connectivity index (χ4n) is 5.96. The summed E-state index contributed by atoms with van der Waals surface area (Å²) in [5, 5.41) is 77.6. The fourth-order valence-corrected chi connectivity index (χ4v) is 5.96. The van der Waals surface area contributed by atoms with E-state index in [-0.39, 0.29) is 12.8 Å². The lowest BCUT2D eigenvalue weighted by molar-refractivity contribution is -0.373. The van der Waals surface area contributed by atoms with Gasteiger partial charge in [-0.2, -0.15) is 0 Å². The molecule has 3 heterocycles. The normalized spacial score (nSPS) is 49.6. The summed E-state index contributed by atoms with van der Waals surface area (Å²) < 4.78 is 29.4. The van der Waals surface area contributed by atoms with Gasteiger partial charge in [-0.25, -0.2) is 0 Å². The van der Waals surface area contributed by atoms with Crippen molar-refractivity contribution in [1.82, 2.24) is 10.6 Å². The molecule has 18 atom stereocenters. The van der Waals surface area contributed by atoms with Crippen molar-refractivity contribution in [2.75, 3.05) is 20.3 Å². The molecule has 43 heavy (non-hydrogen) atoms. The van der Waals surface area contributed by atoms with Gasteiger partial charge in [0.15, 0.2) is 18.9 Å². The molecule has 0 spiro atoms. The number of nitrogens with two attached hydrogens (primary N) is 4. The van der Waals surface area contributed by atoms with Crippen molar-refractivity contribution < 1.29 is 64.2 Å². The molecule has 3 saturated heterocycles. The van der Waals surface area contributed by atoms with Crippen molar-refractivity contribution in [3.8, 4) is 0 Å². The lowest BCUT2D eigenvalue weighted by Gasteiger charge is -2.51. The van der Waals surface area contributed by atoms with Crippen molar-refractivity contribution in [2.45, 2.75) is 123 Å². The lowest BCUT2D eigenvalue weighted by atomic mass is 9.84. The number of aliphatic hydroxyl groups is 7. The smallest absolute Gasteiger partial charge is 0.239 e. The quantitative estimate of drug-likeness (QED) is 0.113. The fraction of sp³-hybridized carbons (Fsp3) is 0.958. The molecule has 19 heteroatoms. The summed E-state index contributed by atoms with van der Waals surface area (Å²) in [5.74, 6) is -0.837. The van der Waals surface area contributed by atoms with Gasteiger partial charge in [0.25, 0.3) is 0 Å². The van der Waals surface area contributed by atoms with Crippen LogP contribution in [0.2, 0.25) is 0 Å². The third-order valence-corrected chi connectivity index (χ3v) is 8.53. The molecular formula is C24H46N6O13. The highest BCUT2D eigenvalue weighted by atomic mass is 16.8. The molecule has 0 aromatic carbocycles. The van der Waals surface area contributed by atoms with Crippen molar-refractivity contribution in [2.24, 2.45) is 22.9 Å². The summed E-state index contributed by atoms with van der Waals surface area (Å²) in [6.45, 7) is -1.36. The topological polar surface area (TPSA) is 333 Å². The van der Waals surface area contributed by atoms with Gasteiger partial charge in [0.2, 0.25) is 5.91 Å². The molecule has 0 aromatic heterocycles. The van der Waals surface area contributed by atoms with Gasteiger partial charge in [-0.05, 0) is 19.9 Å². The maximum absolute atomic E-state index is 12.1. The molecule has 0 bridgehead atoms. The number of carbonyl (C=O) groups excluding carboxylic acids is 1. The van der Waals surface area contributed by atoms with E-state index in [1.54, 1.807) is 0 Å². The average Bonchev–Trinajstić information content (AvgIpc) is 2.97. The predicted molar refractivity (Wildman–Crippen MR) is 142 cm³/mol. The number of ether oxygens (including phenoxy) is 5. The Labute approximate surface area is 247 Å². The monoisotopic (exact) mass is 626 g/mol. The molecule has 17 N–H and O–H groups in total. The minimum atomic E-state index is -1.74. The second kappa shape index (κ2) is 14.5. The first kappa shape index (κ1) is 34.7. The van der Waals surface area contributed by atoms with Crippen LogP contribution in [0, 0.1) is 0 Å². The Hall–Kier alpha value is -1.21. The third kappa shape index (κ3) is 7.13. The predicted octanol–water partition coefficient (Wildman–Crippen LogP) is -8.47. The van der Waals surface area contributed by atoms with Crippen LogP contribution in [0.3, 0.4) is 0 Å². The molecule has 1 amide bonds. The Bertz CT molecular complexity index is 925. The zero-order valence-corrected chi connectivity index (χ0v) is 23.6. The summed E-state index contributed by atoms with van der Waals surface area (Å²) >= 11 is 0. The van der Waals surface area contributed by atoms with Crippen molar-refractivity contribution >= 4 is 5.91 Å². The molecule has 250 valence electrons. The van der Waals surface area contributed by atoms with E-state index in [0.717, 1.165) is 0 Å². The second-order valence-corrected chi connectivity index (χ2v) is 11.5. The van der Waals surface area contributed by atoms with Gasteiger partial charge in [-0.1, -0.05) is 0 Å². The van der Waals surface area contributed by atoms with E-state index in [0.29, 0.717) is 0 Å². The summed E-state index contributed by atoms with van der Waals surface area (Å²) in [6.07, 6.45) is -15.2. The van der Waals surface area contributed by atoms with Crippen LogP contribution in [0.5, 0.6) is 0 Å². The number of hydrogen-bond donors (Lipinski definition) is 13. The summed E-state index contributed by atoms with van der Waals surface area (Å²) in [6, 6.07) is -5.83. The highest BCUT2D eigenvalue weighted by Crippen LogP contribution is 2.35. The molecule has 4 fully saturated rings. The third-order valence-electron chi connectivity index (χ3n) is 8.53. The minimum absolute atomic E-state index is 0.0952. The van der Waals surface area contributed by atoms with E-state index >= 15 is 0 Å². The number of rotatable bonds is 9. The van der Waals surface area contributed by atoms with E-state index in [1.807, 2.05) is 0 Å². The highest BCUT2D eigenvalue weighted by Gasteiger charge is 2.54. The Morgan fingerprint density at radius 3 is 2.14 bits per heavy atom. The first-order valence-electron chi connectivity index (χ1n) is 14.2. The SMILES string of the molecule is CNC1C(O[C@H]2OC(CO)[C@@H](NC(=O)[C@@H](N)CO)C(O)C2O)O[C@H]2CC(N)[C@@H](O[C@@H]3C(N)C[C@@H](N)C(O)C3O)OC2C1O. The van der Waals surface area contributed by atoms with E-state index in [2.05, 4.69) is 10.6 Å². The van der Waals surface area contributed by atoms with Crippen LogP contribution < -0.4 is 33.6 Å². The number of nitrogens with one attached hydrogen (secondary N) is 2. The Balaban J connectivity index is 1.42.